The summed E-state index contributed by atoms with van der Waals surface area (Å²) in [6.45, 7) is 4.40. The maximum Gasteiger partial charge on any atom is 0.0663 e. The predicted molar refractivity (Wildman–Crippen MR) is 136 cm³/mol. The minimum Gasteiger partial charge on any atom is -0.175 e. The molecule has 0 fully saturated rings. The van der Waals surface area contributed by atoms with Crippen LogP contribution in [0.4, 0.5) is 0 Å². The van der Waals surface area contributed by atoms with Crippen LogP contribution in [0.1, 0.15) is 25.0 Å². The second-order valence-corrected chi connectivity index (χ2v) is 13.3. The molecular weight excluding hydrogens is 453 g/mol. The summed E-state index contributed by atoms with van der Waals surface area (Å²) in [5, 5.41) is 0. The predicted octanol–water partition coefficient (Wildman–Crippen LogP) is 8.73. The number of hydrogen-bond donors (Lipinski definition) is 1. The van der Waals surface area contributed by atoms with Crippen LogP contribution in [-0.2, 0) is 11.5 Å². The van der Waals surface area contributed by atoms with Crippen LogP contribution in [0.5, 0.6) is 0 Å². The highest BCUT2D eigenvalue weighted by molar-refractivity contribution is 8.40. The molecule has 0 amide bonds. The Hall–Kier alpha value is 0.630. The summed E-state index contributed by atoms with van der Waals surface area (Å²) < 4.78 is 5.61. The molecule has 26 heavy (non-hydrogen) atoms. The van der Waals surface area contributed by atoms with E-state index in [0.29, 0.717) is 0 Å². The quantitative estimate of drug-likeness (QED) is 0.408. The van der Waals surface area contributed by atoms with E-state index in [4.69, 9.17) is 0 Å². The Morgan fingerprint density at radius 3 is 1.96 bits per heavy atom. The Morgan fingerprint density at radius 2 is 1.38 bits per heavy atom. The number of allylic oxidation sites excluding steroid dienone is 4. The zero-order chi connectivity index (χ0) is 18.5. The van der Waals surface area contributed by atoms with Crippen LogP contribution >= 0.6 is 83.2 Å². The van der Waals surface area contributed by atoms with Crippen LogP contribution in [0.25, 0.3) is 0 Å². The average molecular weight is 473 g/mol. The highest BCUT2D eigenvalue weighted by atomic mass is 32.3. The van der Waals surface area contributed by atoms with Gasteiger partial charge in [0.25, 0.3) is 0 Å². The van der Waals surface area contributed by atoms with Crippen LogP contribution in [0, 0.1) is 0 Å². The minimum atomic E-state index is 0.802. The number of rotatable bonds is 6. The van der Waals surface area contributed by atoms with E-state index < -0.39 is 0 Å². The van der Waals surface area contributed by atoms with Crippen molar-refractivity contribution in [3.63, 3.8) is 0 Å². The fourth-order valence-electron chi connectivity index (χ4n) is 2.13. The van der Waals surface area contributed by atoms with Crippen molar-refractivity contribution in [3.05, 3.63) is 74.3 Å². The van der Waals surface area contributed by atoms with Gasteiger partial charge in [-0.2, -0.15) is 12.6 Å². The van der Waals surface area contributed by atoms with Gasteiger partial charge in [-0.3, -0.25) is 0 Å². The van der Waals surface area contributed by atoms with Crippen molar-refractivity contribution in [2.45, 2.75) is 25.4 Å². The van der Waals surface area contributed by atoms with Gasteiger partial charge in [-0.15, -0.1) is 23.5 Å². The Balaban J connectivity index is 1.59. The summed E-state index contributed by atoms with van der Waals surface area (Å²) >= 11 is 15.7. The van der Waals surface area contributed by atoms with Crippen molar-refractivity contribution in [1.29, 1.82) is 0 Å². The Morgan fingerprint density at radius 1 is 0.846 bits per heavy atom. The van der Waals surface area contributed by atoms with Gasteiger partial charge >= 0.3 is 0 Å². The maximum atomic E-state index is 4.33. The lowest BCUT2D eigenvalue weighted by atomic mass is 10.2. The lowest BCUT2D eigenvalue weighted by molar-refractivity contribution is 1.35. The first-order chi connectivity index (χ1) is 12.6. The SMILES string of the molecule is CSC1=C(SCc2ccc(CS)cc2)S/C(=C\C=C2SC(C)=C(C)S2)S1. The number of hydrogen-bond acceptors (Lipinski definition) is 7. The first kappa shape index (κ1) is 21.3. The second kappa shape index (κ2) is 10.4. The molecule has 2 aliphatic rings. The molecule has 7 heteroatoms. The van der Waals surface area contributed by atoms with Crippen molar-refractivity contribution >= 4 is 83.2 Å². The van der Waals surface area contributed by atoms with Crippen LogP contribution < -0.4 is 0 Å². The summed E-state index contributed by atoms with van der Waals surface area (Å²) in [5.41, 5.74) is 2.65. The largest absolute Gasteiger partial charge is 0.175 e. The Labute approximate surface area is 187 Å². The number of thiol groups is 1. The van der Waals surface area contributed by atoms with E-state index in [-0.39, 0.29) is 0 Å². The topological polar surface area (TPSA) is 0 Å². The monoisotopic (exact) mass is 472 g/mol. The van der Waals surface area contributed by atoms with Gasteiger partial charge in [0.05, 0.1) is 12.7 Å². The summed E-state index contributed by atoms with van der Waals surface area (Å²) in [6, 6.07) is 8.79. The zero-order valence-corrected chi connectivity index (χ0v) is 20.6. The molecule has 0 bridgehead atoms. The molecule has 1 aromatic rings. The third kappa shape index (κ3) is 5.82. The molecular formula is C19H20S7. The fourth-order valence-corrected chi connectivity index (χ4v) is 9.87. The van der Waals surface area contributed by atoms with Gasteiger partial charge in [-0.1, -0.05) is 71.3 Å². The summed E-state index contributed by atoms with van der Waals surface area (Å²) in [6.07, 6.45) is 6.72. The van der Waals surface area contributed by atoms with Crippen molar-refractivity contribution in [2.75, 3.05) is 6.26 Å². The first-order valence-electron chi connectivity index (χ1n) is 7.99. The highest BCUT2D eigenvalue weighted by Gasteiger charge is 2.21. The summed E-state index contributed by atoms with van der Waals surface area (Å²) in [7, 11) is 0. The van der Waals surface area contributed by atoms with E-state index in [9.17, 15) is 0 Å². The van der Waals surface area contributed by atoms with Gasteiger partial charge < -0.3 is 0 Å². The van der Waals surface area contributed by atoms with Gasteiger partial charge in [0.2, 0.25) is 0 Å². The van der Waals surface area contributed by atoms with Gasteiger partial charge in [-0.25, -0.2) is 0 Å². The van der Waals surface area contributed by atoms with E-state index >= 15 is 0 Å². The van der Waals surface area contributed by atoms with Gasteiger partial charge in [0.1, 0.15) is 0 Å². The standard InChI is InChI=1S/C19H20S7/c1-12-13(2)24-16(23-12)8-9-17-25-18(21-3)19(26-17)22-11-15-6-4-14(10-20)5-7-15/h4-9,20H,10-11H2,1-3H3/b17-9-. The smallest absolute Gasteiger partial charge is 0.0663 e. The van der Waals surface area contributed by atoms with Crippen LogP contribution in [0.15, 0.2) is 63.2 Å². The summed E-state index contributed by atoms with van der Waals surface area (Å²) in [5.74, 6) is 1.82. The van der Waals surface area contributed by atoms with Crippen molar-refractivity contribution in [3.8, 4) is 0 Å². The summed E-state index contributed by atoms with van der Waals surface area (Å²) in [4.78, 5) is 2.85. The van der Waals surface area contributed by atoms with E-state index in [1.54, 1.807) is 0 Å². The normalized spacial score (nSPS) is 19.2. The molecule has 0 saturated heterocycles. The molecule has 3 rings (SSSR count). The Kier molecular flexibility index (Phi) is 8.55. The van der Waals surface area contributed by atoms with Gasteiger partial charge in [0.15, 0.2) is 0 Å². The van der Waals surface area contributed by atoms with E-state index in [2.05, 4.69) is 69.1 Å². The first-order valence-corrected chi connectivity index (χ1v) is 14.1. The van der Waals surface area contributed by atoms with E-state index in [0.717, 1.165) is 11.5 Å². The van der Waals surface area contributed by atoms with Gasteiger partial charge in [-0.05, 0) is 53.2 Å². The lowest BCUT2D eigenvalue weighted by Gasteiger charge is -2.04. The third-order valence-corrected chi connectivity index (χ3v) is 11.9. The molecule has 138 valence electrons. The maximum absolute atomic E-state index is 4.33. The Bertz CT molecular complexity index is 769. The zero-order valence-electron chi connectivity index (χ0n) is 14.8. The molecule has 0 radical (unpaired) electrons. The van der Waals surface area contributed by atoms with Gasteiger partial charge in [0, 0.05) is 15.7 Å². The molecule has 0 spiro atoms. The van der Waals surface area contributed by atoms with Crippen LogP contribution in [0.2, 0.25) is 0 Å². The number of benzene rings is 1. The minimum absolute atomic E-state index is 0.802. The van der Waals surface area contributed by atoms with Crippen LogP contribution in [-0.4, -0.2) is 6.26 Å². The molecule has 2 heterocycles. The fraction of sp³-hybridized carbons (Fsp3) is 0.263. The average Bonchev–Trinajstić information content (AvgIpc) is 3.21. The molecule has 0 N–H and O–H groups in total. The lowest BCUT2D eigenvalue weighted by Crippen LogP contribution is -1.82. The number of thioether (sulfide) groups is 6. The highest BCUT2D eigenvalue weighted by Crippen LogP contribution is 2.57. The molecule has 0 saturated carbocycles. The van der Waals surface area contributed by atoms with Crippen LogP contribution in [0.3, 0.4) is 0 Å². The van der Waals surface area contributed by atoms with Crippen molar-refractivity contribution in [1.82, 2.24) is 0 Å². The molecule has 2 aliphatic heterocycles. The molecule has 0 aliphatic carbocycles. The second-order valence-electron chi connectivity index (χ2n) is 5.53. The molecule has 0 unspecified atom stereocenters. The third-order valence-electron chi connectivity index (χ3n) is 3.67. The van der Waals surface area contributed by atoms with E-state index in [1.807, 2.05) is 70.6 Å². The molecule has 1 aromatic carbocycles. The van der Waals surface area contributed by atoms with Crippen molar-refractivity contribution in [2.24, 2.45) is 0 Å². The molecule has 0 atom stereocenters. The molecule has 0 nitrogen and oxygen atoms in total. The van der Waals surface area contributed by atoms with Crippen molar-refractivity contribution < 1.29 is 0 Å². The van der Waals surface area contributed by atoms with E-state index in [1.165, 1.54) is 37.9 Å². The molecule has 0 aromatic heterocycles.